The molecular formula is C20H25NO5. The molecule has 1 aromatic rings. The van der Waals surface area contributed by atoms with Gasteiger partial charge in [0.05, 0.1) is 18.1 Å². The van der Waals surface area contributed by atoms with Gasteiger partial charge in [0.15, 0.2) is 0 Å². The van der Waals surface area contributed by atoms with E-state index in [1.165, 1.54) is 12.8 Å². The Kier molecular flexibility index (Phi) is 4.61. The number of fused-ring (bicyclic) bond motifs is 1. The number of aliphatic carboxylic acids is 1. The van der Waals surface area contributed by atoms with Crippen LogP contribution in [0.25, 0.3) is 0 Å². The molecule has 1 aromatic carbocycles. The minimum Gasteiger partial charge on any atom is -0.490 e. The van der Waals surface area contributed by atoms with Gasteiger partial charge in [-0.1, -0.05) is 6.07 Å². The molecule has 0 radical (unpaired) electrons. The third kappa shape index (κ3) is 3.07. The predicted molar refractivity (Wildman–Crippen MR) is 94.2 cm³/mol. The lowest BCUT2D eigenvalue weighted by Crippen LogP contribution is -2.45. The van der Waals surface area contributed by atoms with Crippen LogP contribution in [0.2, 0.25) is 0 Å². The predicted octanol–water partition coefficient (Wildman–Crippen LogP) is 2.57. The monoisotopic (exact) mass is 359 g/mol. The Morgan fingerprint density at radius 3 is 2.81 bits per heavy atom. The number of carbonyl (C=O) groups excluding carboxylic acids is 1. The molecular weight excluding hydrogens is 334 g/mol. The maximum Gasteiger partial charge on any atom is 0.311 e. The van der Waals surface area contributed by atoms with Gasteiger partial charge in [0.1, 0.15) is 5.75 Å². The Balaban J connectivity index is 1.50. The van der Waals surface area contributed by atoms with E-state index >= 15 is 0 Å². The van der Waals surface area contributed by atoms with Crippen LogP contribution >= 0.6 is 0 Å². The number of likely N-dealkylation sites (tertiary alicyclic amines) is 1. The second-order valence-corrected chi connectivity index (χ2v) is 7.72. The first kappa shape index (κ1) is 17.3. The van der Waals surface area contributed by atoms with Crippen LogP contribution in [0.3, 0.4) is 0 Å². The van der Waals surface area contributed by atoms with E-state index in [0.29, 0.717) is 31.7 Å². The molecule has 26 heavy (non-hydrogen) atoms. The van der Waals surface area contributed by atoms with Crippen molar-refractivity contribution in [1.29, 1.82) is 0 Å². The number of carboxylic acid groups (broad SMARTS) is 1. The molecule has 2 aliphatic heterocycles. The van der Waals surface area contributed by atoms with Gasteiger partial charge in [0.2, 0.25) is 0 Å². The van der Waals surface area contributed by atoms with Gasteiger partial charge in [-0.25, -0.2) is 0 Å². The second kappa shape index (κ2) is 6.91. The first-order chi connectivity index (χ1) is 12.6. The van der Waals surface area contributed by atoms with E-state index < -0.39 is 11.4 Å². The summed E-state index contributed by atoms with van der Waals surface area (Å²) in [6, 6.07) is 7.27. The maximum absolute atomic E-state index is 13.0. The lowest BCUT2D eigenvalue weighted by atomic mass is 9.74. The van der Waals surface area contributed by atoms with Crippen LogP contribution in [0.5, 0.6) is 5.75 Å². The first-order valence-electron chi connectivity index (χ1n) is 9.46. The van der Waals surface area contributed by atoms with Crippen molar-refractivity contribution in [3.63, 3.8) is 0 Å². The minimum atomic E-state index is -0.869. The standard InChI is InChI=1S/C20H25NO5/c22-18(14-4-3-7-17(10-14)26-16-5-1-2-6-16)21-11-15-12-25-9-8-20(15,13-21)19(23)24/h3-4,7,10,15-16H,1-2,5-6,8-9,11-13H2,(H,23,24)/t15-,20+/m0/s1. The van der Waals surface area contributed by atoms with Gasteiger partial charge in [-0.3, -0.25) is 9.59 Å². The normalized spacial score (nSPS) is 28.8. The Morgan fingerprint density at radius 2 is 2.08 bits per heavy atom. The van der Waals surface area contributed by atoms with E-state index in [9.17, 15) is 14.7 Å². The fourth-order valence-corrected chi connectivity index (χ4v) is 4.54. The van der Waals surface area contributed by atoms with E-state index in [1.54, 1.807) is 17.0 Å². The Bertz CT molecular complexity index is 699. The molecule has 2 atom stereocenters. The number of hydrogen-bond acceptors (Lipinski definition) is 4. The van der Waals surface area contributed by atoms with Crippen LogP contribution in [0, 0.1) is 11.3 Å². The van der Waals surface area contributed by atoms with Crippen molar-refractivity contribution in [2.24, 2.45) is 11.3 Å². The van der Waals surface area contributed by atoms with Gasteiger partial charge >= 0.3 is 5.97 Å². The summed E-state index contributed by atoms with van der Waals surface area (Å²) in [5, 5.41) is 9.76. The molecule has 1 N–H and O–H groups in total. The zero-order valence-corrected chi connectivity index (χ0v) is 14.9. The van der Waals surface area contributed by atoms with E-state index in [1.807, 2.05) is 12.1 Å². The van der Waals surface area contributed by atoms with Gasteiger partial charge < -0.3 is 19.5 Å². The summed E-state index contributed by atoms with van der Waals surface area (Å²) in [5.41, 5.74) is -0.313. The molecule has 3 aliphatic rings. The lowest BCUT2D eigenvalue weighted by Gasteiger charge is -2.33. The number of nitrogens with zero attached hydrogens (tertiary/aromatic N) is 1. The van der Waals surface area contributed by atoms with Crippen LogP contribution in [0.15, 0.2) is 24.3 Å². The van der Waals surface area contributed by atoms with E-state index in [4.69, 9.17) is 9.47 Å². The molecule has 2 saturated heterocycles. The van der Waals surface area contributed by atoms with Crippen molar-refractivity contribution < 1.29 is 24.2 Å². The lowest BCUT2D eigenvalue weighted by molar-refractivity contribution is -0.157. The molecule has 1 saturated carbocycles. The molecule has 6 heteroatoms. The molecule has 0 aromatic heterocycles. The summed E-state index contributed by atoms with van der Waals surface area (Å²) in [5.74, 6) is -0.373. The smallest absolute Gasteiger partial charge is 0.311 e. The highest BCUT2D eigenvalue weighted by atomic mass is 16.5. The quantitative estimate of drug-likeness (QED) is 0.894. The summed E-state index contributed by atoms with van der Waals surface area (Å²) in [7, 11) is 0. The Morgan fingerprint density at radius 1 is 1.27 bits per heavy atom. The highest BCUT2D eigenvalue weighted by molar-refractivity contribution is 5.95. The molecule has 4 rings (SSSR count). The number of amides is 1. The largest absolute Gasteiger partial charge is 0.490 e. The summed E-state index contributed by atoms with van der Waals surface area (Å²) in [6.45, 7) is 1.53. The van der Waals surface area contributed by atoms with Crippen LogP contribution in [-0.4, -0.2) is 54.3 Å². The van der Waals surface area contributed by atoms with E-state index in [2.05, 4.69) is 0 Å². The third-order valence-electron chi connectivity index (χ3n) is 6.11. The molecule has 2 heterocycles. The SMILES string of the molecule is O=C(c1cccc(OC2CCCC2)c1)N1C[C@H]2COCC[C@@]2(C(=O)O)C1. The summed E-state index contributed by atoms with van der Waals surface area (Å²) in [6.07, 6.45) is 5.21. The number of carboxylic acids is 1. The topological polar surface area (TPSA) is 76.1 Å². The van der Waals surface area contributed by atoms with E-state index in [-0.39, 0.29) is 24.5 Å². The molecule has 1 aliphatic carbocycles. The number of hydrogen-bond donors (Lipinski definition) is 1. The molecule has 140 valence electrons. The van der Waals surface area contributed by atoms with Crippen molar-refractivity contribution in [3.05, 3.63) is 29.8 Å². The second-order valence-electron chi connectivity index (χ2n) is 7.72. The molecule has 3 fully saturated rings. The zero-order valence-electron chi connectivity index (χ0n) is 14.9. The number of carbonyl (C=O) groups is 2. The van der Waals surface area contributed by atoms with Crippen LogP contribution in [-0.2, 0) is 9.53 Å². The molecule has 0 spiro atoms. The zero-order chi connectivity index (χ0) is 18.1. The molecule has 0 unspecified atom stereocenters. The van der Waals surface area contributed by atoms with Crippen LogP contribution < -0.4 is 4.74 Å². The first-order valence-corrected chi connectivity index (χ1v) is 9.46. The highest BCUT2D eigenvalue weighted by Gasteiger charge is 2.54. The fourth-order valence-electron chi connectivity index (χ4n) is 4.54. The van der Waals surface area contributed by atoms with Gasteiger partial charge in [0, 0.05) is 31.2 Å². The number of ether oxygens (including phenoxy) is 2. The number of benzene rings is 1. The Hall–Kier alpha value is -2.08. The van der Waals surface area contributed by atoms with Crippen molar-refractivity contribution in [2.75, 3.05) is 26.3 Å². The molecule has 0 bridgehead atoms. The average molecular weight is 359 g/mol. The third-order valence-corrected chi connectivity index (χ3v) is 6.11. The van der Waals surface area contributed by atoms with Gasteiger partial charge in [-0.05, 0) is 50.3 Å². The van der Waals surface area contributed by atoms with Crippen molar-refractivity contribution in [3.8, 4) is 5.75 Å². The highest BCUT2D eigenvalue weighted by Crippen LogP contribution is 2.43. The molecule has 1 amide bonds. The van der Waals surface area contributed by atoms with Gasteiger partial charge in [0.25, 0.3) is 5.91 Å². The Labute approximate surface area is 153 Å². The van der Waals surface area contributed by atoms with Crippen LogP contribution in [0.4, 0.5) is 0 Å². The van der Waals surface area contributed by atoms with Gasteiger partial charge in [-0.15, -0.1) is 0 Å². The summed E-state index contributed by atoms with van der Waals surface area (Å²) < 4.78 is 11.5. The average Bonchev–Trinajstić information content (AvgIpc) is 3.29. The summed E-state index contributed by atoms with van der Waals surface area (Å²) >= 11 is 0. The number of rotatable bonds is 4. The van der Waals surface area contributed by atoms with Crippen molar-refractivity contribution in [1.82, 2.24) is 4.90 Å². The van der Waals surface area contributed by atoms with E-state index in [0.717, 1.165) is 18.6 Å². The van der Waals surface area contributed by atoms with Crippen molar-refractivity contribution in [2.45, 2.75) is 38.2 Å². The summed E-state index contributed by atoms with van der Waals surface area (Å²) in [4.78, 5) is 26.5. The maximum atomic E-state index is 13.0. The molecule has 6 nitrogen and oxygen atoms in total. The van der Waals surface area contributed by atoms with Gasteiger partial charge in [-0.2, -0.15) is 0 Å². The minimum absolute atomic E-state index is 0.128. The van der Waals surface area contributed by atoms with Crippen LogP contribution in [0.1, 0.15) is 42.5 Å². The fraction of sp³-hybridized carbons (Fsp3) is 0.600. The van der Waals surface area contributed by atoms with Crippen molar-refractivity contribution >= 4 is 11.9 Å².